The third-order valence-electron chi connectivity index (χ3n) is 4.68. The van der Waals surface area contributed by atoms with Crippen LogP contribution in [0.5, 0.6) is 0 Å². The Morgan fingerprint density at radius 3 is 2.59 bits per heavy atom. The summed E-state index contributed by atoms with van der Waals surface area (Å²) in [6.45, 7) is 4.36. The summed E-state index contributed by atoms with van der Waals surface area (Å²) in [5, 5.41) is 7.07. The first kappa shape index (κ1) is 18.7. The van der Waals surface area contributed by atoms with Gasteiger partial charge < -0.3 is 14.4 Å². The molecule has 0 unspecified atom stereocenters. The minimum atomic E-state index is -0.113. The van der Waals surface area contributed by atoms with Crippen LogP contribution in [-0.4, -0.2) is 20.6 Å². The molecule has 1 N–H and O–H groups in total. The molecule has 0 spiro atoms. The zero-order chi connectivity index (χ0) is 20.2. The lowest BCUT2D eigenvalue weighted by Crippen LogP contribution is -2.19. The first-order chi connectivity index (χ1) is 14.1. The Morgan fingerprint density at radius 2 is 1.79 bits per heavy atom. The maximum Gasteiger partial charge on any atom is 0.274 e. The van der Waals surface area contributed by atoms with Gasteiger partial charge >= 0.3 is 0 Å². The molecular formula is C23H22N4O2. The van der Waals surface area contributed by atoms with Gasteiger partial charge in [-0.05, 0) is 29.7 Å². The predicted octanol–water partition coefficient (Wildman–Crippen LogP) is 4.97. The monoisotopic (exact) mass is 386 g/mol. The maximum absolute atomic E-state index is 12.7. The number of hydrogen-bond donors (Lipinski definition) is 1. The quantitative estimate of drug-likeness (QED) is 0.508. The maximum atomic E-state index is 12.7. The molecule has 29 heavy (non-hydrogen) atoms. The second-order valence-electron chi connectivity index (χ2n) is 7.10. The fourth-order valence-electron chi connectivity index (χ4n) is 3.24. The van der Waals surface area contributed by atoms with E-state index in [1.807, 2.05) is 72.9 Å². The molecule has 6 nitrogen and oxygen atoms in total. The van der Waals surface area contributed by atoms with E-state index in [0.717, 1.165) is 16.8 Å². The molecule has 0 aliphatic heterocycles. The highest BCUT2D eigenvalue weighted by molar-refractivity contribution is 5.91. The second-order valence-corrected chi connectivity index (χ2v) is 7.10. The number of anilines is 1. The molecule has 1 amide bonds. The summed E-state index contributed by atoms with van der Waals surface area (Å²) in [4.78, 5) is 17.1. The third kappa shape index (κ3) is 4.11. The van der Waals surface area contributed by atoms with Gasteiger partial charge in [-0.15, -0.1) is 0 Å². The summed E-state index contributed by atoms with van der Waals surface area (Å²) < 4.78 is 7.24. The van der Waals surface area contributed by atoms with E-state index < -0.39 is 0 Å². The topological polar surface area (TPSA) is 73.0 Å². The number of nitrogens with zero attached hydrogens (tertiary/aromatic N) is 3. The number of para-hydroxylation sites is 1. The van der Waals surface area contributed by atoms with Crippen molar-refractivity contribution in [2.45, 2.75) is 26.3 Å². The summed E-state index contributed by atoms with van der Waals surface area (Å²) in [6, 6.07) is 21.2. The van der Waals surface area contributed by atoms with Crippen molar-refractivity contribution in [2.75, 3.05) is 5.32 Å². The van der Waals surface area contributed by atoms with E-state index in [0.29, 0.717) is 23.3 Å². The summed E-state index contributed by atoms with van der Waals surface area (Å²) >= 11 is 0. The largest absolute Gasteiger partial charge is 0.334 e. The van der Waals surface area contributed by atoms with Crippen LogP contribution < -0.4 is 5.32 Å². The standard InChI is InChI=1S/C23H22N4O2/c1-16(2)18-11-6-7-12-19(18)24-21(28)15-27-14-8-13-20(27)23-25-22(26-29-23)17-9-4-3-5-10-17/h3-14,16H,15H2,1-2H3,(H,24,28). The molecule has 0 radical (unpaired) electrons. The average molecular weight is 386 g/mol. The van der Waals surface area contributed by atoms with E-state index in [1.54, 1.807) is 4.57 Å². The van der Waals surface area contributed by atoms with Crippen molar-refractivity contribution >= 4 is 11.6 Å². The predicted molar refractivity (Wildman–Crippen MR) is 112 cm³/mol. The van der Waals surface area contributed by atoms with Gasteiger partial charge in [-0.25, -0.2) is 0 Å². The molecular weight excluding hydrogens is 364 g/mol. The number of amides is 1. The number of carbonyl (C=O) groups is 1. The Bertz CT molecular complexity index is 1110. The van der Waals surface area contributed by atoms with Gasteiger partial charge in [0.05, 0.1) is 0 Å². The van der Waals surface area contributed by atoms with Crippen molar-refractivity contribution in [2.24, 2.45) is 0 Å². The van der Waals surface area contributed by atoms with Crippen LogP contribution in [0.15, 0.2) is 77.4 Å². The normalized spacial score (nSPS) is 11.0. The van der Waals surface area contributed by atoms with Crippen molar-refractivity contribution in [1.82, 2.24) is 14.7 Å². The van der Waals surface area contributed by atoms with Crippen LogP contribution in [0.1, 0.15) is 25.3 Å². The molecule has 0 fully saturated rings. The lowest BCUT2D eigenvalue weighted by atomic mass is 10.0. The lowest BCUT2D eigenvalue weighted by Gasteiger charge is -2.14. The molecule has 0 saturated carbocycles. The molecule has 4 rings (SSSR count). The minimum absolute atomic E-state index is 0.113. The van der Waals surface area contributed by atoms with Crippen LogP contribution >= 0.6 is 0 Å². The summed E-state index contributed by atoms with van der Waals surface area (Å²) in [7, 11) is 0. The summed E-state index contributed by atoms with van der Waals surface area (Å²) in [6.07, 6.45) is 1.83. The molecule has 2 aromatic carbocycles. The number of rotatable bonds is 6. The van der Waals surface area contributed by atoms with E-state index in [4.69, 9.17) is 4.52 Å². The summed E-state index contributed by atoms with van der Waals surface area (Å²) in [5.74, 6) is 1.11. The second kappa shape index (κ2) is 8.14. The average Bonchev–Trinajstić information content (AvgIpc) is 3.38. The van der Waals surface area contributed by atoms with E-state index in [2.05, 4.69) is 29.3 Å². The van der Waals surface area contributed by atoms with Crippen LogP contribution in [-0.2, 0) is 11.3 Å². The van der Waals surface area contributed by atoms with Gasteiger partial charge in [0.25, 0.3) is 5.89 Å². The molecule has 146 valence electrons. The Hall–Kier alpha value is -3.67. The molecule has 0 saturated heterocycles. The Morgan fingerprint density at radius 1 is 1.03 bits per heavy atom. The third-order valence-corrected chi connectivity index (χ3v) is 4.68. The number of aromatic nitrogens is 3. The van der Waals surface area contributed by atoms with Crippen molar-refractivity contribution < 1.29 is 9.32 Å². The van der Waals surface area contributed by atoms with Crippen molar-refractivity contribution in [3.8, 4) is 23.0 Å². The van der Waals surface area contributed by atoms with Gasteiger partial charge in [-0.3, -0.25) is 4.79 Å². The van der Waals surface area contributed by atoms with Crippen LogP contribution in [0, 0.1) is 0 Å². The number of carbonyl (C=O) groups excluding carboxylic acids is 1. The highest BCUT2D eigenvalue weighted by atomic mass is 16.5. The molecule has 4 aromatic rings. The van der Waals surface area contributed by atoms with Gasteiger partial charge in [0.15, 0.2) is 0 Å². The van der Waals surface area contributed by atoms with E-state index in [-0.39, 0.29) is 12.5 Å². The fraction of sp³-hybridized carbons (Fsp3) is 0.174. The zero-order valence-corrected chi connectivity index (χ0v) is 16.4. The van der Waals surface area contributed by atoms with E-state index in [9.17, 15) is 4.79 Å². The first-order valence-electron chi connectivity index (χ1n) is 9.55. The SMILES string of the molecule is CC(C)c1ccccc1NC(=O)Cn1cccc1-c1nc(-c2ccccc2)no1. The molecule has 2 aromatic heterocycles. The van der Waals surface area contributed by atoms with Gasteiger partial charge in [-0.2, -0.15) is 4.98 Å². The van der Waals surface area contributed by atoms with Crippen LogP contribution in [0.25, 0.3) is 23.0 Å². The summed E-state index contributed by atoms with van der Waals surface area (Å²) in [5.41, 5.74) is 3.53. The first-order valence-corrected chi connectivity index (χ1v) is 9.55. The van der Waals surface area contributed by atoms with Gasteiger partial charge in [-0.1, -0.05) is 67.5 Å². The van der Waals surface area contributed by atoms with Crippen molar-refractivity contribution in [3.05, 3.63) is 78.5 Å². The van der Waals surface area contributed by atoms with Crippen molar-refractivity contribution in [3.63, 3.8) is 0 Å². The smallest absolute Gasteiger partial charge is 0.274 e. The molecule has 0 bridgehead atoms. The number of benzene rings is 2. The lowest BCUT2D eigenvalue weighted by molar-refractivity contribution is -0.116. The van der Waals surface area contributed by atoms with Crippen molar-refractivity contribution in [1.29, 1.82) is 0 Å². The highest BCUT2D eigenvalue weighted by Crippen LogP contribution is 2.25. The van der Waals surface area contributed by atoms with Gasteiger partial charge in [0.1, 0.15) is 12.2 Å². The Labute approximate surface area is 169 Å². The van der Waals surface area contributed by atoms with E-state index >= 15 is 0 Å². The molecule has 0 aliphatic carbocycles. The molecule has 0 aliphatic rings. The van der Waals surface area contributed by atoms with Crippen LogP contribution in [0.4, 0.5) is 5.69 Å². The fourth-order valence-corrected chi connectivity index (χ4v) is 3.24. The van der Waals surface area contributed by atoms with Crippen LogP contribution in [0.3, 0.4) is 0 Å². The van der Waals surface area contributed by atoms with Crippen LogP contribution in [0.2, 0.25) is 0 Å². The Balaban J connectivity index is 1.52. The number of hydrogen-bond acceptors (Lipinski definition) is 4. The molecule has 2 heterocycles. The molecule has 6 heteroatoms. The molecule has 0 atom stereocenters. The Kier molecular flexibility index (Phi) is 5.24. The zero-order valence-electron chi connectivity index (χ0n) is 16.4. The number of nitrogens with one attached hydrogen (secondary N) is 1. The van der Waals surface area contributed by atoms with Gasteiger partial charge in [0, 0.05) is 17.4 Å². The minimum Gasteiger partial charge on any atom is -0.334 e. The van der Waals surface area contributed by atoms with Gasteiger partial charge in [0.2, 0.25) is 11.7 Å². The van der Waals surface area contributed by atoms with E-state index in [1.165, 1.54) is 0 Å². The highest BCUT2D eigenvalue weighted by Gasteiger charge is 2.16.